The molecule has 0 aliphatic heterocycles. The van der Waals surface area contributed by atoms with E-state index in [2.05, 4.69) is 16.8 Å². The third-order valence-corrected chi connectivity index (χ3v) is 4.35. The minimum absolute atomic E-state index is 0.629. The van der Waals surface area contributed by atoms with Crippen LogP contribution in [0.2, 0.25) is 5.02 Å². The minimum Gasteiger partial charge on any atom is -0.243 e. The van der Waals surface area contributed by atoms with Gasteiger partial charge in [0, 0.05) is 16.1 Å². The summed E-state index contributed by atoms with van der Waals surface area (Å²) in [7, 11) is 0. The molecule has 1 heterocycles. The van der Waals surface area contributed by atoms with E-state index in [-0.39, 0.29) is 0 Å². The molecule has 6 heteroatoms. The summed E-state index contributed by atoms with van der Waals surface area (Å²) < 4.78 is 37.7. The number of alkyl halides is 3. The van der Waals surface area contributed by atoms with E-state index in [0.717, 1.165) is 22.6 Å². The molecule has 0 N–H and O–H groups in total. The van der Waals surface area contributed by atoms with Crippen molar-refractivity contribution >= 4 is 22.9 Å². The molecule has 24 heavy (non-hydrogen) atoms. The number of thiazole rings is 1. The lowest BCUT2D eigenvalue weighted by molar-refractivity contribution is -0.137. The molecule has 3 rings (SSSR count). The lowest BCUT2D eigenvalue weighted by atomic mass is 10.1. The molecule has 0 amide bonds. The number of benzene rings is 2. The van der Waals surface area contributed by atoms with Gasteiger partial charge in [0.05, 0.1) is 16.6 Å². The van der Waals surface area contributed by atoms with Crippen molar-refractivity contribution < 1.29 is 13.2 Å². The van der Waals surface area contributed by atoms with Crippen LogP contribution < -0.4 is 0 Å². The molecule has 0 spiro atoms. The Morgan fingerprint density at radius 1 is 0.917 bits per heavy atom. The van der Waals surface area contributed by atoms with Crippen molar-refractivity contribution in [1.29, 1.82) is 0 Å². The first-order valence-corrected chi connectivity index (χ1v) is 8.02. The third-order valence-electron chi connectivity index (χ3n) is 3.14. The largest absolute Gasteiger partial charge is 0.416 e. The average molecular weight is 364 g/mol. The Labute approximate surface area is 145 Å². The monoisotopic (exact) mass is 363 g/mol. The molecular weight excluding hydrogens is 355 g/mol. The highest BCUT2D eigenvalue weighted by atomic mass is 35.5. The van der Waals surface area contributed by atoms with E-state index in [1.807, 2.05) is 12.1 Å². The zero-order valence-corrected chi connectivity index (χ0v) is 13.6. The number of aromatic nitrogens is 1. The van der Waals surface area contributed by atoms with Crippen LogP contribution in [0.1, 0.15) is 16.0 Å². The van der Waals surface area contributed by atoms with Crippen molar-refractivity contribution in [3.8, 4) is 22.4 Å². The third kappa shape index (κ3) is 3.97. The van der Waals surface area contributed by atoms with E-state index in [1.54, 1.807) is 18.3 Å². The maximum Gasteiger partial charge on any atom is 0.416 e. The Morgan fingerprint density at radius 3 is 2.21 bits per heavy atom. The fraction of sp³-hybridized carbons (Fsp3) is 0.0556. The molecule has 0 saturated heterocycles. The molecular formula is C18H9ClF3NS. The summed E-state index contributed by atoms with van der Waals surface area (Å²) in [6, 6.07) is 12.1. The molecule has 1 nitrogen and oxygen atoms in total. The maximum absolute atomic E-state index is 12.6. The second-order valence-electron chi connectivity index (χ2n) is 4.86. The molecule has 0 saturated carbocycles. The summed E-state index contributed by atoms with van der Waals surface area (Å²) in [6.07, 6.45) is -2.72. The summed E-state index contributed by atoms with van der Waals surface area (Å²) in [5.41, 5.74) is 0.780. The summed E-state index contributed by atoms with van der Waals surface area (Å²) in [4.78, 5) is 4.95. The average Bonchev–Trinajstić information content (AvgIpc) is 3.03. The number of nitrogens with zero attached hydrogens (tertiary/aromatic N) is 1. The molecule has 2 aromatic carbocycles. The minimum atomic E-state index is -4.34. The maximum atomic E-state index is 12.6. The van der Waals surface area contributed by atoms with Crippen LogP contribution in [-0.2, 0) is 6.18 Å². The number of rotatable bonds is 1. The van der Waals surface area contributed by atoms with E-state index < -0.39 is 11.7 Å². The molecule has 0 fully saturated rings. The van der Waals surface area contributed by atoms with Gasteiger partial charge in [0.1, 0.15) is 5.01 Å². The Hall–Kier alpha value is -2.29. The first kappa shape index (κ1) is 16.6. The predicted molar refractivity (Wildman–Crippen MR) is 90.0 cm³/mol. The normalized spacial score (nSPS) is 11.0. The van der Waals surface area contributed by atoms with Crippen molar-refractivity contribution in [3.05, 3.63) is 75.8 Å². The highest BCUT2D eigenvalue weighted by molar-refractivity contribution is 7.15. The standard InChI is InChI=1S/C18H9ClF3NS/c19-15-8-1-12(2-9-15)3-10-16-11-23-17(24-16)13-4-6-14(7-5-13)18(20,21)22/h1-2,4-9,11H. The summed E-state index contributed by atoms with van der Waals surface area (Å²) in [5, 5.41) is 1.27. The summed E-state index contributed by atoms with van der Waals surface area (Å²) in [6.45, 7) is 0. The Morgan fingerprint density at radius 2 is 1.58 bits per heavy atom. The van der Waals surface area contributed by atoms with Gasteiger partial charge in [-0.15, -0.1) is 11.3 Å². The molecule has 1 aromatic heterocycles. The zero-order chi connectivity index (χ0) is 17.2. The van der Waals surface area contributed by atoms with Crippen LogP contribution in [0.4, 0.5) is 13.2 Å². The van der Waals surface area contributed by atoms with E-state index >= 15 is 0 Å². The fourth-order valence-corrected chi connectivity index (χ4v) is 2.84. The molecule has 3 aromatic rings. The van der Waals surface area contributed by atoms with Gasteiger partial charge in [-0.05, 0) is 42.3 Å². The van der Waals surface area contributed by atoms with Gasteiger partial charge in [0.25, 0.3) is 0 Å². The lowest BCUT2D eigenvalue weighted by Gasteiger charge is -2.06. The number of hydrogen-bond donors (Lipinski definition) is 0. The first-order valence-electron chi connectivity index (χ1n) is 6.83. The molecule has 0 unspecified atom stereocenters. The van der Waals surface area contributed by atoms with Crippen LogP contribution in [0.5, 0.6) is 0 Å². The summed E-state index contributed by atoms with van der Waals surface area (Å²) >= 11 is 7.14. The fourth-order valence-electron chi connectivity index (χ4n) is 1.93. The van der Waals surface area contributed by atoms with Gasteiger partial charge in [0.15, 0.2) is 0 Å². The molecule has 0 atom stereocenters. The Kier molecular flexibility index (Phi) is 4.61. The van der Waals surface area contributed by atoms with Crippen LogP contribution >= 0.6 is 22.9 Å². The van der Waals surface area contributed by atoms with Gasteiger partial charge in [-0.1, -0.05) is 29.7 Å². The molecule has 0 bridgehead atoms. The molecule has 0 aliphatic rings. The molecule has 0 aliphatic carbocycles. The van der Waals surface area contributed by atoms with E-state index in [1.165, 1.54) is 23.5 Å². The predicted octanol–water partition coefficient (Wildman–Crippen LogP) is 5.88. The van der Waals surface area contributed by atoms with Gasteiger partial charge >= 0.3 is 6.18 Å². The second-order valence-corrected chi connectivity index (χ2v) is 6.33. The van der Waals surface area contributed by atoms with Crippen molar-refractivity contribution in [2.75, 3.05) is 0 Å². The van der Waals surface area contributed by atoms with Gasteiger partial charge in [-0.2, -0.15) is 13.2 Å². The van der Waals surface area contributed by atoms with E-state index in [0.29, 0.717) is 15.6 Å². The van der Waals surface area contributed by atoms with Crippen molar-refractivity contribution in [3.63, 3.8) is 0 Å². The molecule has 120 valence electrons. The van der Waals surface area contributed by atoms with Gasteiger partial charge < -0.3 is 0 Å². The number of hydrogen-bond acceptors (Lipinski definition) is 2. The molecule has 0 radical (unpaired) electrons. The smallest absolute Gasteiger partial charge is 0.243 e. The highest BCUT2D eigenvalue weighted by Gasteiger charge is 2.30. The van der Waals surface area contributed by atoms with Crippen molar-refractivity contribution in [2.45, 2.75) is 6.18 Å². The number of halogens is 4. The van der Waals surface area contributed by atoms with Gasteiger partial charge in [0.2, 0.25) is 0 Å². The van der Waals surface area contributed by atoms with Crippen LogP contribution in [-0.4, -0.2) is 4.98 Å². The lowest BCUT2D eigenvalue weighted by Crippen LogP contribution is -2.03. The van der Waals surface area contributed by atoms with Gasteiger partial charge in [-0.3, -0.25) is 0 Å². The van der Waals surface area contributed by atoms with Crippen LogP contribution in [0.3, 0.4) is 0 Å². The van der Waals surface area contributed by atoms with Crippen molar-refractivity contribution in [1.82, 2.24) is 4.98 Å². The van der Waals surface area contributed by atoms with Crippen LogP contribution in [0, 0.1) is 11.8 Å². The van der Waals surface area contributed by atoms with E-state index in [4.69, 9.17) is 11.6 Å². The van der Waals surface area contributed by atoms with E-state index in [9.17, 15) is 13.2 Å². The topological polar surface area (TPSA) is 12.9 Å². The Bertz CT molecular complexity index is 900. The highest BCUT2D eigenvalue weighted by Crippen LogP contribution is 2.32. The van der Waals surface area contributed by atoms with Crippen LogP contribution in [0.15, 0.2) is 54.7 Å². The summed E-state index contributed by atoms with van der Waals surface area (Å²) in [5.74, 6) is 5.98. The van der Waals surface area contributed by atoms with Crippen molar-refractivity contribution in [2.24, 2.45) is 0 Å². The van der Waals surface area contributed by atoms with Gasteiger partial charge in [-0.25, -0.2) is 4.98 Å². The Balaban J connectivity index is 1.80. The SMILES string of the molecule is FC(F)(F)c1ccc(-c2ncc(C#Cc3ccc(Cl)cc3)s2)cc1. The quantitative estimate of drug-likeness (QED) is 0.492. The second kappa shape index (κ2) is 6.68. The first-order chi connectivity index (χ1) is 11.4. The van der Waals surface area contributed by atoms with Crippen LogP contribution in [0.25, 0.3) is 10.6 Å². The zero-order valence-electron chi connectivity index (χ0n) is 12.1.